The molecule has 0 spiro atoms. The SMILES string of the molecule is CCn1c(S[C@@H](C)C(=O)Nc2nc(C)cs2)nnc1-c1ccc(OC)c(OC)c1. The van der Waals surface area contributed by atoms with E-state index in [-0.39, 0.29) is 11.2 Å². The average molecular weight is 434 g/mol. The van der Waals surface area contributed by atoms with Crippen molar-refractivity contribution in [1.82, 2.24) is 19.7 Å². The van der Waals surface area contributed by atoms with Crippen LogP contribution >= 0.6 is 23.1 Å². The number of ether oxygens (including phenoxy) is 2. The average Bonchev–Trinajstić information content (AvgIpc) is 3.32. The highest BCUT2D eigenvalue weighted by atomic mass is 32.2. The minimum absolute atomic E-state index is 0.123. The molecule has 8 nitrogen and oxygen atoms in total. The van der Waals surface area contributed by atoms with Gasteiger partial charge in [0, 0.05) is 17.5 Å². The summed E-state index contributed by atoms with van der Waals surface area (Å²) in [6, 6.07) is 5.61. The predicted octanol–water partition coefficient (Wildman–Crippen LogP) is 3.87. The van der Waals surface area contributed by atoms with Gasteiger partial charge in [0.1, 0.15) is 0 Å². The quantitative estimate of drug-likeness (QED) is 0.539. The van der Waals surface area contributed by atoms with Gasteiger partial charge in [-0.25, -0.2) is 4.98 Å². The van der Waals surface area contributed by atoms with Crippen LogP contribution in [0.4, 0.5) is 5.13 Å². The van der Waals surface area contributed by atoms with Crippen LogP contribution in [0.1, 0.15) is 19.5 Å². The molecule has 1 aromatic carbocycles. The molecule has 0 fully saturated rings. The molecule has 0 bridgehead atoms. The summed E-state index contributed by atoms with van der Waals surface area (Å²) in [7, 11) is 3.19. The van der Waals surface area contributed by atoms with Crippen molar-refractivity contribution >= 4 is 34.1 Å². The highest BCUT2D eigenvalue weighted by Gasteiger charge is 2.21. The fourth-order valence-electron chi connectivity index (χ4n) is 2.68. The first kappa shape index (κ1) is 21.1. The van der Waals surface area contributed by atoms with E-state index in [9.17, 15) is 4.79 Å². The highest BCUT2D eigenvalue weighted by molar-refractivity contribution is 8.00. The molecule has 0 aliphatic carbocycles. The van der Waals surface area contributed by atoms with Crippen LogP contribution in [0.15, 0.2) is 28.7 Å². The van der Waals surface area contributed by atoms with E-state index in [1.807, 2.05) is 48.9 Å². The lowest BCUT2D eigenvalue weighted by Gasteiger charge is -2.12. The number of methoxy groups -OCH3 is 2. The number of aryl methyl sites for hydroxylation is 1. The largest absolute Gasteiger partial charge is 0.493 e. The summed E-state index contributed by atoms with van der Waals surface area (Å²) in [5, 5.41) is 14.3. The Labute approximate surface area is 177 Å². The third-order valence-electron chi connectivity index (χ3n) is 4.18. The number of nitrogens with one attached hydrogen (secondary N) is 1. The number of thioether (sulfide) groups is 1. The van der Waals surface area contributed by atoms with Crippen molar-refractivity contribution in [2.45, 2.75) is 37.7 Å². The Morgan fingerprint density at radius 3 is 2.66 bits per heavy atom. The summed E-state index contributed by atoms with van der Waals surface area (Å²) in [4.78, 5) is 16.8. The fourth-order valence-corrected chi connectivity index (χ4v) is 4.28. The first-order valence-corrected chi connectivity index (χ1v) is 10.8. The van der Waals surface area contributed by atoms with Gasteiger partial charge in [-0.1, -0.05) is 11.8 Å². The molecule has 0 saturated carbocycles. The van der Waals surface area contributed by atoms with Crippen molar-refractivity contribution in [3.63, 3.8) is 0 Å². The Morgan fingerprint density at radius 1 is 1.28 bits per heavy atom. The molecule has 1 amide bonds. The van der Waals surface area contributed by atoms with E-state index in [0.717, 1.165) is 11.3 Å². The lowest BCUT2D eigenvalue weighted by molar-refractivity contribution is -0.115. The number of benzene rings is 1. The Hall–Kier alpha value is -2.59. The summed E-state index contributed by atoms with van der Waals surface area (Å²) in [5.74, 6) is 1.86. The first-order valence-electron chi connectivity index (χ1n) is 9.02. The van der Waals surface area contributed by atoms with Gasteiger partial charge in [-0.2, -0.15) is 0 Å². The van der Waals surface area contributed by atoms with E-state index in [0.29, 0.717) is 34.2 Å². The standard InChI is InChI=1S/C19H23N5O3S2/c1-6-24-16(13-7-8-14(26-4)15(9-13)27-5)22-23-19(24)29-12(3)17(25)21-18-20-11(2)10-28-18/h7-10,12H,6H2,1-5H3,(H,20,21,25)/t12-/m0/s1. The first-order chi connectivity index (χ1) is 14.0. The van der Waals surface area contributed by atoms with Crippen LogP contribution in [-0.4, -0.2) is 45.1 Å². The number of aromatic nitrogens is 4. The van der Waals surface area contributed by atoms with Gasteiger partial charge in [0.2, 0.25) is 5.91 Å². The van der Waals surface area contributed by atoms with Gasteiger partial charge in [0.05, 0.1) is 25.2 Å². The molecule has 2 heterocycles. The van der Waals surface area contributed by atoms with Crippen LogP contribution in [0.5, 0.6) is 11.5 Å². The maximum atomic E-state index is 12.5. The van der Waals surface area contributed by atoms with Gasteiger partial charge in [-0.3, -0.25) is 4.79 Å². The monoisotopic (exact) mass is 433 g/mol. The molecule has 2 aromatic heterocycles. The van der Waals surface area contributed by atoms with Crippen LogP contribution in [-0.2, 0) is 11.3 Å². The summed E-state index contributed by atoms with van der Waals surface area (Å²) >= 11 is 2.77. The number of thiazole rings is 1. The van der Waals surface area contributed by atoms with Gasteiger partial charge in [-0.05, 0) is 39.0 Å². The zero-order valence-corrected chi connectivity index (χ0v) is 18.6. The topological polar surface area (TPSA) is 91.2 Å². The molecule has 154 valence electrons. The Kier molecular flexibility index (Phi) is 6.75. The Balaban J connectivity index is 1.79. The third-order valence-corrected chi connectivity index (χ3v) is 6.13. The third kappa shape index (κ3) is 4.70. The molecule has 0 aliphatic rings. The van der Waals surface area contributed by atoms with E-state index in [4.69, 9.17) is 9.47 Å². The van der Waals surface area contributed by atoms with Crippen LogP contribution < -0.4 is 14.8 Å². The molecule has 3 rings (SSSR count). The maximum Gasteiger partial charge on any atom is 0.239 e. The summed E-state index contributed by atoms with van der Waals surface area (Å²) in [5.41, 5.74) is 1.75. The van der Waals surface area contributed by atoms with E-state index < -0.39 is 0 Å². The van der Waals surface area contributed by atoms with Crippen molar-refractivity contribution in [3.05, 3.63) is 29.3 Å². The van der Waals surface area contributed by atoms with E-state index in [1.54, 1.807) is 14.2 Å². The maximum absolute atomic E-state index is 12.5. The van der Waals surface area contributed by atoms with E-state index >= 15 is 0 Å². The minimum atomic E-state index is -0.355. The van der Waals surface area contributed by atoms with Crippen LogP contribution in [0, 0.1) is 6.92 Å². The smallest absolute Gasteiger partial charge is 0.239 e. The molecular formula is C19H23N5O3S2. The molecule has 0 unspecified atom stereocenters. The number of nitrogens with zero attached hydrogens (tertiary/aromatic N) is 4. The second kappa shape index (κ2) is 9.27. The van der Waals surface area contributed by atoms with Crippen molar-refractivity contribution in [2.24, 2.45) is 0 Å². The van der Waals surface area contributed by atoms with Gasteiger partial charge >= 0.3 is 0 Å². The van der Waals surface area contributed by atoms with E-state index in [1.165, 1.54) is 23.1 Å². The highest BCUT2D eigenvalue weighted by Crippen LogP contribution is 2.33. The summed E-state index contributed by atoms with van der Waals surface area (Å²) < 4.78 is 12.7. The molecule has 29 heavy (non-hydrogen) atoms. The molecule has 0 radical (unpaired) electrons. The number of carbonyl (C=O) groups is 1. The van der Waals surface area contributed by atoms with Crippen molar-refractivity contribution in [2.75, 3.05) is 19.5 Å². The number of hydrogen-bond donors (Lipinski definition) is 1. The van der Waals surface area contributed by atoms with Crippen LogP contribution in [0.25, 0.3) is 11.4 Å². The van der Waals surface area contributed by atoms with Crippen molar-refractivity contribution in [3.8, 4) is 22.9 Å². The second-order valence-electron chi connectivity index (χ2n) is 6.16. The lowest BCUT2D eigenvalue weighted by Crippen LogP contribution is -2.22. The number of hydrogen-bond acceptors (Lipinski definition) is 8. The zero-order valence-electron chi connectivity index (χ0n) is 16.9. The molecule has 3 aromatic rings. The molecule has 0 saturated heterocycles. The van der Waals surface area contributed by atoms with Crippen LogP contribution in [0.2, 0.25) is 0 Å². The fraction of sp³-hybridized carbons (Fsp3) is 0.368. The predicted molar refractivity (Wildman–Crippen MR) is 115 cm³/mol. The van der Waals surface area contributed by atoms with Crippen molar-refractivity contribution < 1.29 is 14.3 Å². The Bertz CT molecular complexity index is 1000. The normalized spacial score (nSPS) is 11.9. The summed E-state index contributed by atoms with van der Waals surface area (Å²) in [6.07, 6.45) is 0. The van der Waals surface area contributed by atoms with Gasteiger partial charge < -0.3 is 19.4 Å². The number of rotatable bonds is 8. The molecule has 10 heteroatoms. The molecular weight excluding hydrogens is 410 g/mol. The molecule has 0 aliphatic heterocycles. The molecule has 1 atom stereocenters. The zero-order chi connectivity index (χ0) is 21.0. The number of amides is 1. The minimum Gasteiger partial charge on any atom is -0.493 e. The van der Waals surface area contributed by atoms with E-state index in [2.05, 4.69) is 20.5 Å². The van der Waals surface area contributed by atoms with Gasteiger partial charge in [0.15, 0.2) is 27.6 Å². The lowest BCUT2D eigenvalue weighted by atomic mass is 10.2. The Morgan fingerprint density at radius 2 is 2.03 bits per heavy atom. The van der Waals surface area contributed by atoms with Crippen LogP contribution in [0.3, 0.4) is 0 Å². The van der Waals surface area contributed by atoms with Crippen molar-refractivity contribution in [1.29, 1.82) is 0 Å². The number of anilines is 1. The van der Waals surface area contributed by atoms with Gasteiger partial charge in [-0.15, -0.1) is 21.5 Å². The second-order valence-corrected chi connectivity index (χ2v) is 8.33. The summed E-state index contributed by atoms with van der Waals surface area (Å²) in [6.45, 7) is 6.41. The number of carbonyl (C=O) groups excluding carboxylic acids is 1. The molecule has 1 N–H and O–H groups in total. The van der Waals surface area contributed by atoms with Gasteiger partial charge in [0.25, 0.3) is 0 Å².